The second-order valence-electron chi connectivity index (χ2n) is 5.09. The van der Waals surface area contributed by atoms with E-state index in [1.807, 2.05) is 18.2 Å². The molecule has 20 heavy (non-hydrogen) atoms. The van der Waals surface area contributed by atoms with E-state index >= 15 is 0 Å². The average molecular weight is 361 g/mol. The minimum absolute atomic E-state index is 0.275. The summed E-state index contributed by atoms with van der Waals surface area (Å²) in [5.41, 5.74) is 6.40. The Morgan fingerprint density at radius 2 is 2.15 bits per heavy atom. The number of halogens is 2. The number of carbonyl (C=O) groups is 1. The third-order valence-corrected chi connectivity index (χ3v) is 4.42. The molecule has 0 aromatic heterocycles. The molecular formula is C14H19BrClN3O. The molecule has 1 aromatic rings. The fourth-order valence-electron chi connectivity index (χ4n) is 2.55. The second kappa shape index (κ2) is 7.41. The first-order valence-corrected chi connectivity index (χ1v) is 7.90. The topological polar surface area (TPSA) is 58.4 Å². The number of amides is 1. The van der Waals surface area contributed by atoms with Crippen LogP contribution in [0.15, 0.2) is 22.7 Å². The molecule has 1 fully saturated rings. The SMILES string of the molecule is NC(=O)CN(Cc1ccc(Br)cc1Cl)C1CCNCC1. The zero-order valence-electron chi connectivity index (χ0n) is 11.2. The largest absolute Gasteiger partial charge is 0.369 e. The van der Waals surface area contributed by atoms with Crippen LogP contribution >= 0.6 is 27.5 Å². The molecule has 2 rings (SSSR count). The van der Waals surface area contributed by atoms with Gasteiger partial charge in [0.05, 0.1) is 6.54 Å². The van der Waals surface area contributed by atoms with Crippen molar-refractivity contribution in [3.05, 3.63) is 33.3 Å². The van der Waals surface area contributed by atoms with Crippen molar-refractivity contribution in [1.29, 1.82) is 0 Å². The number of primary amides is 1. The normalized spacial score (nSPS) is 16.6. The number of nitrogens with zero attached hydrogens (tertiary/aromatic N) is 1. The Kier molecular flexibility index (Phi) is 5.84. The van der Waals surface area contributed by atoms with E-state index in [0.29, 0.717) is 17.6 Å². The quantitative estimate of drug-likeness (QED) is 0.846. The summed E-state index contributed by atoms with van der Waals surface area (Å²) in [7, 11) is 0. The lowest BCUT2D eigenvalue weighted by molar-refractivity contribution is -0.120. The number of piperidine rings is 1. The Morgan fingerprint density at radius 3 is 2.75 bits per heavy atom. The third-order valence-electron chi connectivity index (χ3n) is 3.57. The van der Waals surface area contributed by atoms with Crippen LogP contribution in [0.3, 0.4) is 0 Å². The summed E-state index contributed by atoms with van der Waals surface area (Å²) in [6, 6.07) is 6.21. The van der Waals surface area contributed by atoms with Crippen LogP contribution in [0.25, 0.3) is 0 Å². The van der Waals surface area contributed by atoms with Crippen LogP contribution in [0.2, 0.25) is 5.02 Å². The highest BCUT2D eigenvalue weighted by Crippen LogP contribution is 2.24. The van der Waals surface area contributed by atoms with Gasteiger partial charge in [0.1, 0.15) is 0 Å². The van der Waals surface area contributed by atoms with E-state index in [9.17, 15) is 4.79 Å². The van der Waals surface area contributed by atoms with Crippen molar-refractivity contribution in [1.82, 2.24) is 10.2 Å². The zero-order chi connectivity index (χ0) is 14.5. The lowest BCUT2D eigenvalue weighted by Gasteiger charge is -2.34. The van der Waals surface area contributed by atoms with E-state index in [0.717, 1.165) is 36.0 Å². The Balaban J connectivity index is 2.11. The van der Waals surface area contributed by atoms with Gasteiger partial charge in [0.25, 0.3) is 0 Å². The van der Waals surface area contributed by atoms with Gasteiger partial charge >= 0.3 is 0 Å². The molecule has 1 amide bonds. The van der Waals surface area contributed by atoms with Gasteiger partial charge in [0.15, 0.2) is 0 Å². The van der Waals surface area contributed by atoms with Gasteiger partial charge in [0.2, 0.25) is 5.91 Å². The summed E-state index contributed by atoms with van der Waals surface area (Å²) in [5.74, 6) is -0.295. The number of carbonyl (C=O) groups excluding carboxylic acids is 1. The molecule has 4 nitrogen and oxygen atoms in total. The summed E-state index contributed by atoms with van der Waals surface area (Å²) >= 11 is 9.66. The Morgan fingerprint density at radius 1 is 1.45 bits per heavy atom. The number of nitrogens with one attached hydrogen (secondary N) is 1. The number of nitrogens with two attached hydrogens (primary N) is 1. The predicted octanol–water partition coefficient (Wildman–Crippen LogP) is 2.14. The van der Waals surface area contributed by atoms with Crippen LogP contribution in [0, 0.1) is 0 Å². The van der Waals surface area contributed by atoms with E-state index < -0.39 is 0 Å². The van der Waals surface area contributed by atoms with E-state index in [2.05, 4.69) is 26.1 Å². The highest BCUT2D eigenvalue weighted by atomic mass is 79.9. The summed E-state index contributed by atoms with van der Waals surface area (Å²) in [6.45, 7) is 2.89. The van der Waals surface area contributed by atoms with Crippen LogP contribution in [-0.4, -0.2) is 36.5 Å². The molecule has 0 unspecified atom stereocenters. The van der Waals surface area contributed by atoms with Crippen molar-refractivity contribution in [2.24, 2.45) is 5.73 Å². The van der Waals surface area contributed by atoms with Crippen LogP contribution in [0.4, 0.5) is 0 Å². The summed E-state index contributed by atoms with van der Waals surface area (Å²) in [4.78, 5) is 13.4. The molecule has 0 spiro atoms. The van der Waals surface area contributed by atoms with Crippen molar-refractivity contribution in [2.45, 2.75) is 25.4 Å². The Bertz CT molecular complexity index is 477. The molecular weight excluding hydrogens is 342 g/mol. The van der Waals surface area contributed by atoms with Crippen LogP contribution in [0.5, 0.6) is 0 Å². The number of hydrogen-bond donors (Lipinski definition) is 2. The van der Waals surface area contributed by atoms with Gasteiger partial charge in [-0.2, -0.15) is 0 Å². The summed E-state index contributed by atoms with van der Waals surface area (Å²) in [6.07, 6.45) is 2.06. The standard InChI is InChI=1S/C14H19BrClN3O/c15-11-2-1-10(13(16)7-11)8-19(9-14(17)20)12-3-5-18-6-4-12/h1-2,7,12,18H,3-6,8-9H2,(H2,17,20). The molecule has 1 aliphatic heterocycles. The van der Waals surface area contributed by atoms with Gasteiger partial charge < -0.3 is 11.1 Å². The van der Waals surface area contributed by atoms with Crippen LogP contribution in [0.1, 0.15) is 18.4 Å². The van der Waals surface area contributed by atoms with Gasteiger partial charge in [-0.15, -0.1) is 0 Å². The van der Waals surface area contributed by atoms with Crippen molar-refractivity contribution in [3.63, 3.8) is 0 Å². The van der Waals surface area contributed by atoms with Crippen molar-refractivity contribution in [2.75, 3.05) is 19.6 Å². The van der Waals surface area contributed by atoms with E-state index in [1.54, 1.807) is 0 Å². The maximum atomic E-state index is 11.3. The molecule has 1 aromatic carbocycles. The minimum Gasteiger partial charge on any atom is -0.369 e. The highest BCUT2D eigenvalue weighted by Gasteiger charge is 2.23. The van der Waals surface area contributed by atoms with Gasteiger partial charge in [-0.1, -0.05) is 33.6 Å². The number of hydrogen-bond acceptors (Lipinski definition) is 3. The lowest BCUT2D eigenvalue weighted by atomic mass is 10.0. The van der Waals surface area contributed by atoms with E-state index in [1.165, 1.54) is 0 Å². The second-order valence-corrected chi connectivity index (χ2v) is 6.41. The monoisotopic (exact) mass is 359 g/mol. The summed E-state index contributed by atoms with van der Waals surface area (Å²) in [5, 5.41) is 4.04. The van der Waals surface area contributed by atoms with Gasteiger partial charge in [-0.3, -0.25) is 9.69 Å². The molecule has 3 N–H and O–H groups in total. The van der Waals surface area contributed by atoms with Gasteiger partial charge in [0, 0.05) is 22.1 Å². The first-order valence-electron chi connectivity index (χ1n) is 6.73. The third kappa shape index (κ3) is 4.45. The first kappa shape index (κ1) is 15.8. The molecule has 1 aliphatic rings. The predicted molar refractivity (Wildman–Crippen MR) is 84.6 cm³/mol. The summed E-state index contributed by atoms with van der Waals surface area (Å²) < 4.78 is 0.953. The average Bonchev–Trinajstić information content (AvgIpc) is 2.41. The lowest BCUT2D eigenvalue weighted by Crippen LogP contribution is -2.46. The van der Waals surface area contributed by atoms with Crippen LogP contribution in [-0.2, 0) is 11.3 Å². The van der Waals surface area contributed by atoms with Crippen LogP contribution < -0.4 is 11.1 Å². The minimum atomic E-state index is -0.295. The number of benzene rings is 1. The molecule has 1 saturated heterocycles. The van der Waals surface area contributed by atoms with E-state index in [4.69, 9.17) is 17.3 Å². The maximum absolute atomic E-state index is 11.3. The molecule has 0 bridgehead atoms. The molecule has 6 heteroatoms. The fraction of sp³-hybridized carbons (Fsp3) is 0.500. The van der Waals surface area contributed by atoms with Crippen molar-refractivity contribution >= 4 is 33.4 Å². The number of rotatable bonds is 5. The molecule has 0 atom stereocenters. The molecule has 0 saturated carbocycles. The van der Waals surface area contributed by atoms with Crippen molar-refractivity contribution in [3.8, 4) is 0 Å². The van der Waals surface area contributed by atoms with Gasteiger partial charge in [-0.05, 0) is 43.6 Å². The fourth-order valence-corrected chi connectivity index (χ4v) is 3.29. The smallest absolute Gasteiger partial charge is 0.231 e. The Hall–Kier alpha value is -0.620. The van der Waals surface area contributed by atoms with E-state index in [-0.39, 0.29) is 12.5 Å². The highest BCUT2D eigenvalue weighted by molar-refractivity contribution is 9.10. The van der Waals surface area contributed by atoms with Crippen molar-refractivity contribution < 1.29 is 4.79 Å². The molecule has 0 radical (unpaired) electrons. The first-order chi connectivity index (χ1) is 9.56. The van der Waals surface area contributed by atoms with Gasteiger partial charge in [-0.25, -0.2) is 0 Å². The Labute approximate surface area is 132 Å². The molecule has 0 aliphatic carbocycles. The molecule has 110 valence electrons. The molecule has 1 heterocycles. The zero-order valence-corrected chi connectivity index (χ0v) is 13.6. The maximum Gasteiger partial charge on any atom is 0.231 e.